The number of halogens is 1. The van der Waals surface area contributed by atoms with E-state index in [1.165, 1.54) is 0 Å². The Morgan fingerprint density at radius 3 is 2.93 bits per heavy atom. The van der Waals surface area contributed by atoms with Crippen LogP contribution >= 0.6 is 15.9 Å². The molecule has 1 atom stereocenters. The number of fused-ring (bicyclic) bond motifs is 1. The van der Waals surface area contributed by atoms with E-state index in [4.69, 9.17) is 4.74 Å². The normalized spacial score (nSPS) is 23.9. The molecule has 1 aliphatic rings. The van der Waals surface area contributed by atoms with Crippen LogP contribution < -0.4 is 4.74 Å². The van der Waals surface area contributed by atoms with E-state index in [1.54, 1.807) is 0 Å². The molecule has 0 radical (unpaired) electrons. The van der Waals surface area contributed by atoms with Crippen molar-refractivity contribution in [2.24, 2.45) is 0 Å². The van der Waals surface area contributed by atoms with Gasteiger partial charge in [0.25, 0.3) is 0 Å². The highest BCUT2D eigenvalue weighted by atomic mass is 79.9. The molecule has 1 N–H and O–H groups in total. The fraction of sp³-hybridized carbons (Fsp3) is 0.455. The molecule has 0 fully saturated rings. The van der Waals surface area contributed by atoms with Gasteiger partial charge in [-0.05, 0) is 26.0 Å². The van der Waals surface area contributed by atoms with Gasteiger partial charge in [0, 0.05) is 16.5 Å². The minimum absolute atomic E-state index is 0.285. The Kier molecular flexibility index (Phi) is 2.32. The van der Waals surface area contributed by atoms with Crippen LogP contribution in [0.4, 0.5) is 0 Å². The van der Waals surface area contributed by atoms with Crippen LogP contribution in [-0.2, 0) is 0 Å². The number of hydrogen-bond acceptors (Lipinski definition) is 2. The van der Waals surface area contributed by atoms with Crippen molar-refractivity contribution in [3.8, 4) is 5.75 Å². The number of rotatable bonds is 0. The molecule has 1 aliphatic heterocycles. The van der Waals surface area contributed by atoms with Gasteiger partial charge >= 0.3 is 0 Å². The fourth-order valence-electron chi connectivity index (χ4n) is 1.84. The Bertz CT molecular complexity index is 360. The topological polar surface area (TPSA) is 29.5 Å². The molecule has 1 unspecified atom stereocenters. The monoisotopic (exact) mass is 256 g/mol. The van der Waals surface area contributed by atoms with Crippen LogP contribution in [0.1, 0.15) is 31.9 Å². The minimum atomic E-state index is -0.440. The van der Waals surface area contributed by atoms with Gasteiger partial charge in [0.15, 0.2) is 0 Å². The van der Waals surface area contributed by atoms with Crippen molar-refractivity contribution in [1.29, 1.82) is 0 Å². The molecule has 1 heterocycles. The second-order valence-corrected chi connectivity index (χ2v) is 5.09. The number of aliphatic hydroxyl groups is 1. The summed E-state index contributed by atoms with van der Waals surface area (Å²) in [7, 11) is 0. The van der Waals surface area contributed by atoms with Crippen LogP contribution in [0.25, 0.3) is 0 Å². The first-order chi connectivity index (χ1) is 6.49. The third-order valence-electron chi connectivity index (χ3n) is 2.42. The van der Waals surface area contributed by atoms with Crippen molar-refractivity contribution in [2.75, 3.05) is 0 Å². The summed E-state index contributed by atoms with van der Waals surface area (Å²) in [5.74, 6) is 0.781. The quantitative estimate of drug-likeness (QED) is 0.774. The van der Waals surface area contributed by atoms with Crippen molar-refractivity contribution in [1.82, 2.24) is 0 Å². The first-order valence-electron chi connectivity index (χ1n) is 4.65. The average molecular weight is 257 g/mol. The van der Waals surface area contributed by atoms with E-state index in [9.17, 15) is 5.11 Å². The summed E-state index contributed by atoms with van der Waals surface area (Å²) in [6.07, 6.45) is 0.187. The van der Waals surface area contributed by atoms with Crippen molar-refractivity contribution < 1.29 is 9.84 Å². The highest BCUT2D eigenvalue weighted by Crippen LogP contribution is 2.42. The van der Waals surface area contributed by atoms with Crippen LogP contribution in [-0.4, -0.2) is 10.7 Å². The molecular weight excluding hydrogens is 244 g/mol. The Balaban J connectivity index is 2.50. The molecule has 0 amide bonds. The van der Waals surface area contributed by atoms with Gasteiger partial charge in [-0.15, -0.1) is 0 Å². The highest BCUT2D eigenvalue weighted by molar-refractivity contribution is 9.10. The van der Waals surface area contributed by atoms with E-state index in [2.05, 4.69) is 15.9 Å². The van der Waals surface area contributed by atoms with Gasteiger partial charge in [0.2, 0.25) is 0 Å². The molecule has 2 rings (SSSR count). The van der Waals surface area contributed by atoms with Gasteiger partial charge in [-0.3, -0.25) is 0 Å². The summed E-state index contributed by atoms with van der Waals surface area (Å²) >= 11 is 3.42. The molecular formula is C11H13BrO2. The van der Waals surface area contributed by atoms with Gasteiger partial charge in [-0.2, -0.15) is 0 Å². The maximum Gasteiger partial charge on any atom is 0.127 e. The van der Waals surface area contributed by atoms with Crippen molar-refractivity contribution in [2.45, 2.75) is 32.0 Å². The highest BCUT2D eigenvalue weighted by Gasteiger charge is 2.33. The Morgan fingerprint density at radius 1 is 1.50 bits per heavy atom. The van der Waals surface area contributed by atoms with Gasteiger partial charge in [-0.1, -0.05) is 22.0 Å². The lowest BCUT2D eigenvalue weighted by molar-refractivity contribution is 0.0110. The van der Waals surface area contributed by atoms with Gasteiger partial charge in [-0.25, -0.2) is 0 Å². The molecule has 14 heavy (non-hydrogen) atoms. The second-order valence-electron chi connectivity index (χ2n) is 4.23. The van der Waals surface area contributed by atoms with E-state index >= 15 is 0 Å². The van der Waals surface area contributed by atoms with Crippen molar-refractivity contribution in [3.05, 3.63) is 28.2 Å². The van der Waals surface area contributed by atoms with Gasteiger partial charge < -0.3 is 9.84 Å². The maximum absolute atomic E-state index is 9.97. The Labute approximate surface area is 92.0 Å². The zero-order valence-electron chi connectivity index (χ0n) is 8.25. The summed E-state index contributed by atoms with van der Waals surface area (Å²) in [5.41, 5.74) is 0.583. The summed E-state index contributed by atoms with van der Waals surface area (Å²) in [6, 6.07) is 5.73. The van der Waals surface area contributed by atoms with Crippen LogP contribution in [0.2, 0.25) is 0 Å². The lowest BCUT2D eigenvalue weighted by Crippen LogP contribution is -2.34. The number of benzene rings is 1. The second kappa shape index (κ2) is 3.24. The lowest BCUT2D eigenvalue weighted by Gasteiger charge is -2.35. The standard InChI is InChI=1S/C11H13BrO2/c1-11(2)6-8(13)10-7(12)4-3-5-9(10)14-11/h3-5,8,13H,6H2,1-2H3. The first-order valence-corrected chi connectivity index (χ1v) is 5.44. The minimum Gasteiger partial charge on any atom is -0.487 e. The summed E-state index contributed by atoms with van der Waals surface area (Å²) in [5, 5.41) is 9.97. The van der Waals surface area contributed by atoms with E-state index in [1.807, 2.05) is 32.0 Å². The van der Waals surface area contributed by atoms with E-state index in [0.717, 1.165) is 15.8 Å². The molecule has 0 saturated heterocycles. The first kappa shape index (κ1) is 9.99. The number of hydrogen-bond donors (Lipinski definition) is 1. The van der Waals surface area contributed by atoms with Crippen LogP contribution in [0.3, 0.4) is 0 Å². The molecule has 0 spiro atoms. The average Bonchev–Trinajstić information content (AvgIpc) is 2.00. The van der Waals surface area contributed by atoms with Crippen LogP contribution in [0.15, 0.2) is 22.7 Å². The molecule has 0 saturated carbocycles. The molecule has 0 aliphatic carbocycles. The van der Waals surface area contributed by atoms with Crippen molar-refractivity contribution in [3.63, 3.8) is 0 Å². The van der Waals surface area contributed by atoms with E-state index in [0.29, 0.717) is 6.42 Å². The van der Waals surface area contributed by atoms with Crippen molar-refractivity contribution >= 4 is 15.9 Å². The number of aliphatic hydroxyl groups excluding tert-OH is 1. The van der Waals surface area contributed by atoms with Crippen LogP contribution in [0, 0.1) is 0 Å². The smallest absolute Gasteiger partial charge is 0.127 e. The third kappa shape index (κ3) is 1.66. The summed E-state index contributed by atoms with van der Waals surface area (Å²) < 4.78 is 6.70. The van der Waals surface area contributed by atoms with Gasteiger partial charge in [0.05, 0.1) is 6.10 Å². The molecule has 2 nitrogen and oxygen atoms in total. The van der Waals surface area contributed by atoms with E-state index < -0.39 is 6.10 Å². The van der Waals surface area contributed by atoms with Crippen LogP contribution in [0.5, 0.6) is 5.75 Å². The van der Waals surface area contributed by atoms with Gasteiger partial charge in [0.1, 0.15) is 11.4 Å². The summed E-state index contributed by atoms with van der Waals surface area (Å²) in [6.45, 7) is 3.97. The SMILES string of the molecule is CC1(C)CC(O)c2c(Br)cccc2O1. The molecule has 3 heteroatoms. The molecule has 0 bridgehead atoms. The largest absolute Gasteiger partial charge is 0.487 e. The zero-order chi connectivity index (χ0) is 10.3. The Morgan fingerprint density at radius 2 is 2.21 bits per heavy atom. The maximum atomic E-state index is 9.97. The predicted octanol–water partition coefficient (Wildman–Crippen LogP) is 3.04. The Hall–Kier alpha value is -0.540. The zero-order valence-corrected chi connectivity index (χ0v) is 9.84. The lowest BCUT2D eigenvalue weighted by atomic mass is 9.92. The molecule has 1 aromatic rings. The third-order valence-corrected chi connectivity index (χ3v) is 3.11. The molecule has 1 aromatic carbocycles. The fourth-order valence-corrected chi connectivity index (χ4v) is 2.45. The summed E-state index contributed by atoms with van der Waals surface area (Å²) in [4.78, 5) is 0. The number of ether oxygens (including phenoxy) is 1. The predicted molar refractivity (Wildman–Crippen MR) is 58.4 cm³/mol. The molecule has 0 aromatic heterocycles. The van der Waals surface area contributed by atoms with E-state index in [-0.39, 0.29) is 5.60 Å². The molecule has 76 valence electrons.